The van der Waals surface area contributed by atoms with E-state index in [0.29, 0.717) is 11.6 Å². The standard InChI is InChI=1S/C7H11N5O/c1-10-7(13-2)5-4(8)6(9)12-3-11-5/h3,8,10H,1-2H3,(H2,9,11,12)/b7-5-,8-4?. The third kappa shape index (κ3) is 1.66. The van der Waals surface area contributed by atoms with Crippen molar-refractivity contribution in [3.05, 3.63) is 11.6 Å². The van der Waals surface area contributed by atoms with Gasteiger partial charge in [-0.25, -0.2) is 9.98 Å². The summed E-state index contributed by atoms with van der Waals surface area (Å²) in [5.41, 5.74) is 5.85. The first kappa shape index (κ1) is 9.24. The lowest BCUT2D eigenvalue weighted by Crippen LogP contribution is -2.29. The maximum Gasteiger partial charge on any atom is 0.215 e. The molecule has 0 amide bonds. The van der Waals surface area contributed by atoms with E-state index >= 15 is 0 Å². The maximum atomic E-state index is 7.54. The second kappa shape index (κ2) is 3.70. The van der Waals surface area contributed by atoms with Crippen LogP contribution in [0.5, 0.6) is 0 Å². The maximum absolute atomic E-state index is 7.54. The summed E-state index contributed by atoms with van der Waals surface area (Å²) in [6, 6.07) is 0. The number of methoxy groups -OCH3 is 1. The van der Waals surface area contributed by atoms with Gasteiger partial charge in [0.2, 0.25) is 5.88 Å². The number of nitrogens with zero attached hydrogens (tertiary/aromatic N) is 2. The lowest BCUT2D eigenvalue weighted by molar-refractivity contribution is 0.265. The highest BCUT2D eigenvalue weighted by Crippen LogP contribution is 2.08. The predicted molar refractivity (Wildman–Crippen MR) is 50.9 cm³/mol. The van der Waals surface area contributed by atoms with E-state index in [1.54, 1.807) is 7.05 Å². The molecule has 0 radical (unpaired) electrons. The Hall–Kier alpha value is -1.85. The Morgan fingerprint density at radius 1 is 1.69 bits per heavy atom. The van der Waals surface area contributed by atoms with Crippen molar-refractivity contribution in [2.45, 2.75) is 0 Å². The van der Waals surface area contributed by atoms with E-state index < -0.39 is 0 Å². The van der Waals surface area contributed by atoms with Gasteiger partial charge in [-0.1, -0.05) is 0 Å². The molecule has 0 unspecified atom stereocenters. The van der Waals surface area contributed by atoms with Gasteiger partial charge in [-0.15, -0.1) is 0 Å². The molecule has 1 rings (SSSR count). The van der Waals surface area contributed by atoms with Gasteiger partial charge in [-0.3, -0.25) is 5.41 Å². The first-order valence-electron chi connectivity index (χ1n) is 3.61. The molecule has 0 aromatic heterocycles. The minimum Gasteiger partial charge on any atom is -0.481 e. The Morgan fingerprint density at radius 2 is 2.38 bits per heavy atom. The molecular weight excluding hydrogens is 170 g/mol. The van der Waals surface area contributed by atoms with Gasteiger partial charge in [0.25, 0.3) is 0 Å². The average molecular weight is 181 g/mol. The molecule has 13 heavy (non-hydrogen) atoms. The molecule has 0 atom stereocenters. The smallest absolute Gasteiger partial charge is 0.215 e. The fraction of sp³-hybridized carbons (Fsp3) is 0.286. The van der Waals surface area contributed by atoms with Crippen LogP contribution in [0.15, 0.2) is 21.6 Å². The van der Waals surface area contributed by atoms with Crippen molar-refractivity contribution in [2.24, 2.45) is 15.7 Å². The Balaban J connectivity index is 3.08. The second-order valence-electron chi connectivity index (χ2n) is 2.27. The van der Waals surface area contributed by atoms with Crippen LogP contribution in [0.4, 0.5) is 0 Å². The molecule has 0 bridgehead atoms. The molecule has 0 aromatic rings. The SMILES string of the molecule is CN/C(OC)=C1/N=CN=C(N)C1=N. The van der Waals surface area contributed by atoms with Crippen LogP contribution in [0.3, 0.4) is 0 Å². The van der Waals surface area contributed by atoms with Gasteiger partial charge >= 0.3 is 0 Å². The summed E-state index contributed by atoms with van der Waals surface area (Å²) in [5, 5.41) is 10.3. The normalized spacial score (nSPS) is 19.5. The zero-order chi connectivity index (χ0) is 9.84. The van der Waals surface area contributed by atoms with E-state index in [-0.39, 0.29) is 11.5 Å². The highest BCUT2D eigenvalue weighted by molar-refractivity contribution is 6.47. The summed E-state index contributed by atoms with van der Waals surface area (Å²) in [6.45, 7) is 0. The summed E-state index contributed by atoms with van der Waals surface area (Å²) in [7, 11) is 3.17. The van der Waals surface area contributed by atoms with Crippen molar-refractivity contribution >= 4 is 17.9 Å². The van der Waals surface area contributed by atoms with Gasteiger partial charge in [0.1, 0.15) is 12.1 Å². The zero-order valence-electron chi connectivity index (χ0n) is 7.46. The molecule has 6 nitrogen and oxygen atoms in total. The average Bonchev–Trinajstić information content (AvgIpc) is 2.14. The highest BCUT2D eigenvalue weighted by atomic mass is 16.5. The van der Waals surface area contributed by atoms with Crippen molar-refractivity contribution in [2.75, 3.05) is 14.2 Å². The third-order valence-electron chi connectivity index (χ3n) is 1.52. The summed E-state index contributed by atoms with van der Waals surface area (Å²) in [4.78, 5) is 7.55. The fourth-order valence-electron chi connectivity index (χ4n) is 0.889. The van der Waals surface area contributed by atoms with Crippen LogP contribution < -0.4 is 11.1 Å². The van der Waals surface area contributed by atoms with Crippen molar-refractivity contribution in [1.82, 2.24) is 5.32 Å². The monoisotopic (exact) mass is 181 g/mol. The number of nitrogens with one attached hydrogen (secondary N) is 2. The van der Waals surface area contributed by atoms with Crippen molar-refractivity contribution in [3.8, 4) is 0 Å². The molecule has 70 valence electrons. The van der Waals surface area contributed by atoms with Crippen LogP contribution in [0.25, 0.3) is 0 Å². The van der Waals surface area contributed by atoms with Crippen molar-refractivity contribution in [1.29, 1.82) is 5.41 Å². The molecule has 1 heterocycles. The van der Waals surface area contributed by atoms with Crippen molar-refractivity contribution < 1.29 is 4.74 Å². The van der Waals surface area contributed by atoms with Crippen LogP contribution in [0.1, 0.15) is 0 Å². The lowest BCUT2D eigenvalue weighted by atomic mass is 10.2. The molecule has 1 aliphatic rings. The van der Waals surface area contributed by atoms with Crippen LogP contribution in [0.2, 0.25) is 0 Å². The molecule has 0 aromatic carbocycles. The van der Waals surface area contributed by atoms with Gasteiger partial charge in [-0.05, 0) is 0 Å². The quantitative estimate of drug-likeness (QED) is 0.498. The molecule has 0 spiro atoms. The Labute approximate surface area is 75.7 Å². The van der Waals surface area contributed by atoms with Gasteiger partial charge < -0.3 is 15.8 Å². The van der Waals surface area contributed by atoms with Crippen LogP contribution in [-0.2, 0) is 4.74 Å². The van der Waals surface area contributed by atoms with E-state index in [1.807, 2.05) is 0 Å². The van der Waals surface area contributed by atoms with Crippen LogP contribution in [0, 0.1) is 5.41 Å². The largest absolute Gasteiger partial charge is 0.481 e. The molecule has 0 fully saturated rings. The highest BCUT2D eigenvalue weighted by Gasteiger charge is 2.16. The summed E-state index contributed by atoms with van der Waals surface area (Å²) in [6.07, 6.45) is 1.29. The topological polar surface area (TPSA) is 95.8 Å². The van der Waals surface area contributed by atoms with E-state index in [1.165, 1.54) is 13.4 Å². The molecule has 0 saturated carbocycles. The summed E-state index contributed by atoms with van der Waals surface area (Å²) < 4.78 is 4.96. The van der Waals surface area contributed by atoms with E-state index in [4.69, 9.17) is 15.9 Å². The molecular formula is C7H11N5O. The third-order valence-corrected chi connectivity index (χ3v) is 1.52. The van der Waals surface area contributed by atoms with E-state index in [0.717, 1.165) is 0 Å². The first-order valence-corrected chi connectivity index (χ1v) is 3.61. The number of rotatable bonds is 2. The minimum atomic E-state index is 0.0636. The van der Waals surface area contributed by atoms with Crippen molar-refractivity contribution in [3.63, 3.8) is 0 Å². The van der Waals surface area contributed by atoms with Gasteiger partial charge in [0.15, 0.2) is 11.5 Å². The number of hydrogen-bond acceptors (Lipinski definition) is 6. The Bertz CT molecular complexity index is 309. The zero-order valence-corrected chi connectivity index (χ0v) is 7.46. The predicted octanol–water partition coefficient (Wildman–Crippen LogP) is -0.560. The molecule has 0 saturated heterocycles. The fourth-order valence-corrected chi connectivity index (χ4v) is 0.889. The Morgan fingerprint density at radius 3 is 2.92 bits per heavy atom. The lowest BCUT2D eigenvalue weighted by Gasteiger charge is -2.12. The van der Waals surface area contributed by atoms with Gasteiger partial charge in [0, 0.05) is 7.05 Å². The number of ether oxygens (including phenoxy) is 1. The van der Waals surface area contributed by atoms with Crippen LogP contribution in [-0.4, -0.2) is 32.0 Å². The van der Waals surface area contributed by atoms with Gasteiger partial charge in [0.05, 0.1) is 7.11 Å². The summed E-state index contributed by atoms with van der Waals surface area (Å²) in [5.74, 6) is 0.536. The second-order valence-corrected chi connectivity index (χ2v) is 2.27. The first-order chi connectivity index (χ1) is 6.20. The molecule has 1 aliphatic heterocycles. The van der Waals surface area contributed by atoms with E-state index in [2.05, 4.69) is 15.3 Å². The van der Waals surface area contributed by atoms with E-state index in [9.17, 15) is 0 Å². The minimum absolute atomic E-state index is 0.0636. The molecule has 4 N–H and O–H groups in total. The number of hydrogen-bond donors (Lipinski definition) is 3. The number of nitrogens with two attached hydrogens (primary N) is 1. The van der Waals surface area contributed by atoms with Gasteiger partial charge in [-0.2, -0.15) is 0 Å². The summed E-state index contributed by atoms with van der Waals surface area (Å²) >= 11 is 0. The van der Waals surface area contributed by atoms with Crippen LogP contribution >= 0.6 is 0 Å². The number of amidine groups is 1. The molecule has 6 heteroatoms. The molecule has 0 aliphatic carbocycles. The number of aliphatic imine (C=N–C) groups is 2. The Kier molecular flexibility index (Phi) is 2.63.